The predicted molar refractivity (Wildman–Crippen MR) is 208 cm³/mol. The van der Waals surface area contributed by atoms with Crippen LogP contribution in [0, 0.1) is 0 Å². The van der Waals surface area contributed by atoms with Crippen molar-refractivity contribution in [3.63, 3.8) is 0 Å². The summed E-state index contributed by atoms with van der Waals surface area (Å²) < 4.78 is 13.3. The molecule has 2 aliphatic rings. The van der Waals surface area contributed by atoms with Crippen molar-refractivity contribution in [2.24, 2.45) is 0 Å². The number of para-hydroxylation sites is 1. The van der Waals surface area contributed by atoms with Crippen LogP contribution in [0.15, 0.2) is 36.4 Å². The van der Waals surface area contributed by atoms with Gasteiger partial charge in [-0.1, -0.05) is 31.5 Å². The molecule has 16 nitrogen and oxygen atoms in total. The summed E-state index contributed by atoms with van der Waals surface area (Å²) in [7, 11) is 0. The number of anilines is 1. The summed E-state index contributed by atoms with van der Waals surface area (Å²) in [5.41, 5.74) is 9.00. The van der Waals surface area contributed by atoms with Crippen molar-refractivity contribution < 1.29 is 33.4 Å². The number of imidazole rings is 1. The van der Waals surface area contributed by atoms with Crippen molar-refractivity contribution in [1.82, 2.24) is 39.9 Å². The van der Waals surface area contributed by atoms with E-state index in [4.69, 9.17) is 20.2 Å². The SMILES string of the molecule is CCCCc1nc2c(N)nc3ccccc3c2n1CCCCNC(=O)CCN1CCN(C(=O)CCOCCOCCNC(=O)CCN2C(=O)C=CC2=O)CC1. The number of nitrogens with two attached hydrogens (primary N) is 1. The zero-order valence-electron chi connectivity index (χ0n) is 31.9. The van der Waals surface area contributed by atoms with Crippen LogP contribution in [0.1, 0.15) is 57.7 Å². The molecule has 1 saturated heterocycles. The van der Waals surface area contributed by atoms with E-state index in [0.29, 0.717) is 71.4 Å². The average Bonchev–Trinajstić information content (AvgIpc) is 3.72. The summed E-state index contributed by atoms with van der Waals surface area (Å²) in [6.45, 7) is 8.52. The topological polar surface area (TPSA) is 194 Å². The molecule has 2 aliphatic heterocycles. The molecule has 1 aromatic carbocycles. The largest absolute Gasteiger partial charge is 0.382 e. The monoisotopic (exact) mass is 761 g/mol. The average molecular weight is 762 g/mol. The van der Waals surface area contributed by atoms with E-state index in [1.54, 1.807) is 0 Å². The minimum atomic E-state index is -0.408. The van der Waals surface area contributed by atoms with Crippen molar-refractivity contribution in [2.45, 2.75) is 64.8 Å². The van der Waals surface area contributed by atoms with Gasteiger partial charge in [-0.25, -0.2) is 9.97 Å². The first kappa shape index (κ1) is 41.2. The number of pyridine rings is 1. The number of carbonyl (C=O) groups excluding carboxylic acids is 5. The second-order valence-corrected chi connectivity index (χ2v) is 13.8. The Morgan fingerprint density at radius 3 is 2.22 bits per heavy atom. The molecule has 0 bridgehead atoms. The predicted octanol–water partition coefficient (Wildman–Crippen LogP) is 1.79. The molecule has 0 radical (unpaired) electrons. The number of hydrogen-bond donors (Lipinski definition) is 3. The van der Waals surface area contributed by atoms with E-state index in [1.807, 2.05) is 23.1 Å². The highest BCUT2D eigenvalue weighted by Gasteiger charge is 2.24. The van der Waals surface area contributed by atoms with E-state index >= 15 is 0 Å². The van der Waals surface area contributed by atoms with Gasteiger partial charge in [-0.2, -0.15) is 0 Å². The fraction of sp³-hybridized carbons (Fsp3) is 0.564. The summed E-state index contributed by atoms with van der Waals surface area (Å²) in [5, 5.41) is 6.81. The molecule has 5 rings (SSSR count). The third-order valence-corrected chi connectivity index (χ3v) is 9.82. The van der Waals surface area contributed by atoms with Crippen LogP contribution in [0.25, 0.3) is 21.9 Å². The first-order valence-corrected chi connectivity index (χ1v) is 19.5. The van der Waals surface area contributed by atoms with E-state index in [0.717, 1.165) is 84.4 Å². The summed E-state index contributed by atoms with van der Waals surface area (Å²) in [4.78, 5) is 74.8. The van der Waals surface area contributed by atoms with Crippen molar-refractivity contribution in [2.75, 3.05) is 84.5 Å². The standard InChI is InChI=1S/C39H55N9O7/c1-2-3-10-31-44-37-38(29-8-4-5-9-30(29)43-39(37)40)47(31)18-7-6-16-41-32(49)13-19-45-21-23-46(24-22-45)34(51)15-25-54-27-28-55-26-17-42-33(50)14-20-48-35(52)11-12-36(48)53/h4-5,8-9,11-12H,2-3,6-7,10,13-28H2,1H3,(H2,40,43)(H,41,49)(H,42,50). The minimum Gasteiger partial charge on any atom is -0.382 e. The molecule has 55 heavy (non-hydrogen) atoms. The van der Waals surface area contributed by atoms with E-state index in [9.17, 15) is 24.0 Å². The maximum absolute atomic E-state index is 12.7. The number of carbonyl (C=O) groups is 5. The quantitative estimate of drug-likeness (QED) is 0.0943. The number of benzene rings is 1. The number of ether oxygens (including phenoxy) is 2. The third-order valence-electron chi connectivity index (χ3n) is 9.82. The highest BCUT2D eigenvalue weighted by atomic mass is 16.5. The second-order valence-electron chi connectivity index (χ2n) is 13.8. The Morgan fingerprint density at radius 1 is 0.782 bits per heavy atom. The molecule has 4 heterocycles. The van der Waals surface area contributed by atoms with Gasteiger partial charge in [0.25, 0.3) is 11.8 Å². The molecule has 2 aromatic heterocycles. The number of unbranched alkanes of at least 4 members (excludes halogenated alkanes) is 2. The fourth-order valence-electron chi connectivity index (χ4n) is 6.72. The van der Waals surface area contributed by atoms with Gasteiger partial charge in [0.05, 0.1) is 43.9 Å². The van der Waals surface area contributed by atoms with Crippen LogP contribution in [-0.2, 0) is 46.4 Å². The lowest BCUT2D eigenvalue weighted by atomic mass is 10.2. The van der Waals surface area contributed by atoms with Crippen LogP contribution < -0.4 is 16.4 Å². The molecule has 0 aliphatic carbocycles. The molecule has 0 atom stereocenters. The Hall–Kier alpha value is -4.93. The zero-order valence-corrected chi connectivity index (χ0v) is 31.9. The van der Waals surface area contributed by atoms with E-state index in [2.05, 4.69) is 38.1 Å². The van der Waals surface area contributed by atoms with Gasteiger partial charge >= 0.3 is 0 Å². The van der Waals surface area contributed by atoms with Crippen LogP contribution in [0.2, 0.25) is 0 Å². The smallest absolute Gasteiger partial charge is 0.253 e. The van der Waals surface area contributed by atoms with Gasteiger partial charge in [0.1, 0.15) is 11.3 Å². The number of aromatic nitrogens is 3. The molecule has 5 amide bonds. The minimum absolute atomic E-state index is 0.0322. The normalized spacial score (nSPS) is 14.8. The number of amides is 5. The van der Waals surface area contributed by atoms with Crippen LogP contribution in [-0.4, -0.2) is 138 Å². The molecule has 4 N–H and O–H groups in total. The molecule has 3 aromatic rings. The lowest BCUT2D eigenvalue weighted by molar-refractivity contribution is -0.137. The Balaban J connectivity index is 0.876. The molecular formula is C39H55N9O7. The van der Waals surface area contributed by atoms with Crippen LogP contribution in [0.3, 0.4) is 0 Å². The van der Waals surface area contributed by atoms with Crippen molar-refractivity contribution in [3.8, 4) is 0 Å². The van der Waals surface area contributed by atoms with Crippen molar-refractivity contribution in [1.29, 1.82) is 0 Å². The van der Waals surface area contributed by atoms with E-state index in [-0.39, 0.29) is 37.1 Å². The van der Waals surface area contributed by atoms with Gasteiger partial charge in [0.2, 0.25) is 17.7 Å². The highest BCUT2D eigenvalue weighted by Crippen LogP contribution is 2.29. The summed E-state index contributed by atoms with van der Waals surface area (Å²) in [5.74, 6) is 0.485. The lowest BCUT2D eigenvalue weighted by Crippen LogP contribution is -2.49. The van der Waals surface area contributed by atoms with E-state index < -0.39 is 11.8 Å². The van der Waals surface area contributed by atoms with Crippen LogP contribution in [0.5, 0.6) is 0 Å². The van der Waals surface area contributed by atoms with Gasteiger partial charge in [-0.05, 0) is 25.3 Å². The maximum Gasteiger partial charge on any atom is 0.253 e. The number of nitrogens with one attached hydrogen (secondary N) is 2. The van der Waals surface area contributed by atoms with Crippen molar-refractivity contribution in [3.05, 3.63) is 42.2 Å². The number of fused-ring (bicyclic) bond motifs is 3. The van der Waals surface area contributed by atoms with Gasteiger partial charge in [0.15, 0.2) is 5.82 Å². The molecule has 298 valence electrons. The van der Waals surface area contributed by atoms with Gasteiger partial charge in [-0.3, -0.25) is 33.8 Å². The van der Waals surface area contributed by atoms with Crippen molar-refractivity contribution >= 4 is 57.3 Å². The Morgan fingerprint density at radius 2 is 1.47 bits per heavy atom. The fourth-order valence-corrected chi connectivity index (χ4v) is 6.72. The summed E-state index contributed by atoms with van der Waals surface area (Å²) >= 11 is 0. The third kappa shape index (κ3) is 12.0. The molecule has 16 heteroatoms. The van der Waals surface area contributed by atoms with Gasteiger partial charge in [0, 0.05) is 95.7 Å². The summed E-state index contributed by atoms with van der Waals surface area (Å²) in [6, 6.07) is 8.04. The lowest BCUT2D eigenvalue weighted by Gasteiger charge is -2.34. The Bertz CT molecular complexity index is 1800. The molecular weight excluding hydrogens is 706 g/mol. The first-order chi connectivity index (χ1) is 26.7. The molecule has 0 spiro atoms. The number of nitrogen functional groups attached to an aromatic ring is 1. The Kier molecular flexibility index (Phi) is 15.9. The zero-order chi connectivity index (χ0) is 39.0. The molecule has 0 saturated carbocycles. The first-order valence-electron chi connectivity index (χ1n) is 19.5. The highest BCUT2D eigenvalue weighted by molar-refractivity contribution is 6.13. The number of piperazine rings is 1. The van der Waals surface area contributed by atoms with Crippen LogP contribution in [0.4, 0.5) is 5.82 Å². The number of imide groups is 1. The van der Waals surface area contributed by atoms with Crippen LogP contribution >= 0.6 is 0 Å². The molecule has 0 unspecified atom stereocenters. The number of nitrogens with zero attached hydrogens (tertiary/aromatic N) is 6. The maximum atomic E-state index is 12.7. The number of rotatable bonds is 23. The second kappa shape index (κ2) is 21.2. The Labute approximate surface area is 321 Å². The van der Waals surface area contributed by atoms with Gasteiger partial charge < -0.3 is 35.3 Å². The number of hydrogen-bond acceptors (Lipinski definition) is 11. The molecule has 1 fully saturated rings. The van der Waals surface area contributed by atoms with E-state index in [1.165, 1.54) is 12.2 Å². The number of aryl methyl sites for hydroxylation is 2. The summed E-state index contributed by atoms with van der Waals surface area (Å²) in [6.07, 6.45) is 7.87. The van der Waals surface area contributed by atoms with Gasteiger partial charge in [-0.15, -0.1) is 0 Å².